The van der Waals surface area contributed by atoms with Gasteiger partial charge < -0.3 is 0 Å². The van der Waals surface area contributed by atoms with Crippen molar-refractivity contribution in [3.63, 3.8) is 0 Å². The molecule has 16 heavy (non-hydrogen) atoms. The molecule has 0 aromatic heterocycles. The number of hydrogen-bond donors (Lipinski definition) is 0. The van der Waals surface area contributed by atoms with Crippen molar-refractivity contribution in [1.82, 2.24) is 0 Å². The van der Waals surface area contributed by atoms with Crippen LogP contribution in [0.25, 0.3) is 0 Å². The van der Waals surface area contributed by atoms with Crippen LogP contribution in [0.15, 0.2) is 24.8 Å². The maximum absolute atomic E-state index is 3.74. The van der Waals surface area contributed by atoms with Crippen LogP contribution in [0, 0.1) is 0 Å². The van der Waals surface area contributed by atoms with Gasteiger partial charge in [-0.1, -0.05) is 57.3 Å². The SMILES string of the molecule is C=CCCCCCC/C=C/CCCCCC. The van der Waals surface area contributed by atoms with Gasteiger partial charge in [0.05, 0.1) is 0 Å². The van der Waals surface area contributed by atoms with Crippen LogP contribution in [0.5, 0.6) is 0 Å². The van der Waals surface area contributed by atoms with E-state index in [4.69, 9.17) is 0 Å². The molecular formula is C16H30. The molecule has 94 valence electrons. The van der Waals surface area contributed by atoms with Crippen LogP contribution in [0.3, 0.4) is 0 Å². The predicted molar refractivity (Wildman–Crippen MR) is 75.8 cm³/mol. The van der Waals surface area contributed by atoms with Crippen molar-refractivity contribution in [2.24, 2.45) is 0 Å². The van der Waals surface area contributed by atoms with Gasteiger partial charge in [-0.3, -0.25) is 0 Å². The van der Waals surface area contributed by atoms with Crippen molar-refractivity contribution in [3.05, 3.63) is 24.8 Å². The van der Waals surface area contributed by atoms with E-state index < -0.39 is 0 Å². The van der Waals surface area contributed by atoms with Crippen LogP contribution in [0.1, 0.15) is 77.6 Å². The lowest BCUT2D eigenvalue weighted by molar-refractivity contribution is 0.650. The molecule has 0 bridgehead atoms. The van der Waals surface area contributed by atoms with Gasteiger partial charge in [0, 0.05) is 0 Å². The average molecular weight is 222 g/mol. The van der Waals surface area contributed by atoms with E-state index in [-0.39, 0.29) is 0 Å². The van der Waals surface area contributed by atoms with Crippen LogP contribution >= 0.6 is 0 Å². The third-order valence-electron chi connectivity index (χ3n) is 2.92. The van der Waals surface area contributed by atoms with Crippen LogP contribution in [0.4, 0.5) is 0 Å². The minimum Gasteiger partial charge on any atom is -0.103 e. The van der Waals surface area contributed by atoms with Gasteiger partial charge in [0.1, 0.15) is 0 Å². The first-order valence-corrected chi connectivity index (χ1v) is 7.17. The molecule has 0 aromatic carbocycles. The molecular weight excluding hydrogens is 192 g/mol. The molecule has 0 unspecified atom stereocenters. The lowest BCUT2D eigenvalue weighted by atomic mass is 10.1. The van der Waals surface area contributed by atoms with E-state index >= 15 is 0 Å². The Morgan fingerprint density at radius 2 is 1.19 bits per heavy atom. The molecule has 0 atom stereocenters. The molecule has 0 aromatic rings. The molecule has 0 saturated heterocycles. The lowest BCUT2D eigenvalue weighted by Gasteiger charge is -1.97. The minimum atomic E-state index is 1.19. The monoisotopic (exact) mass is 222 g/mol. The fraction of sp³-hybridized carbons (Fsp3) is 0.750. The van der Waals surface area contributed by atoms with Crippen LogP contribution in [0.2, 0.25) is 0 Å². The van der Waals surface area contributed by atoms with Gasteiger partial charge in [-0.05, 0) is 38.5 Å². The van der Waals surface area contributed by atoms with Crippen LogP contribution < -0.4 is 0 Å². The summed E-state index contributed by atoms with van der Waals surface area (Å²) in [4.78, 5) is 0. The molecule has 0 N–H and O–H groups in total. The first-order chi connectivity index (χ1) is 7.91. The summed E-state index contributed by atoms with van der Waals surface area (Å²) in [5, 5.41) is 0. The molecule has 0 aliphatic heterocycles. The fourth-order valence-corrected chi connectivity index (χ4v) is 1.83. The summed E-state index contributed by atoms with van der Waals surface area (Å²) in [5.74, 6) is 0. The molecule has 0 nitrogen and oxygen atoms in total. The Kier molecular flexibility index (Phi) is 14.0. The van der Waals surface area contributed by atoms with Crippen molar-refractivity contribution in [3.8, 4) is 0 Å². The third-order valence-corrected chi connectivity index (χ3v) is 2.92. The minimum absolute atomic E-state index is 1.19. The molecule has 0 radical (unpaired) electrons. The lowest BCUT2D eigenvalue weighted by Crippen LogP contribution is -1.77. The highest BCUT2D eigenvalue weighted by molar-refractivity contribution is 4.81. The summed E-state index contributed by atoms with van der Waals surface area (Å²) in [7, 11) is 0. The maximum Gasteiger partial charge on any atom is -0.0351 e. The summed E-state index contributed by atoms with van der Waals surface area (Å²) in [6, 6.07) is 0. The van der Waals surface area contributed by atoms with Gasteiger partial charge in [0.2, 0.25) is 0 Å². The molecule has 0 spiro atoms. The van der Waals surface area contributed by atoms with Crippen molar-refractivity contribution in [2.45, 2.75) is 77.6 Å². The average Bonchev–Trinajstić information content (AvgIpc) is 2.31. The summed E-state index contributed by atoms with van der Waals surface area (Å²) in [6.45, 7) is 6.00. The Morgan fingerprint density at radius 1 is 0.688 bits per heavy atom. The van der Waals surface area contributed by atoms with E-state index in [1.165, 1.54) is 70.6 Å². The highest BCUT2D eigenvalue weighted by Gasteiger charge is 1.87. The summed E-state index contributed by atoms with van der Waals surface area (Å²) in [6.07, 6.45) is 21.5. The Hall–Kier alpha value is -0.520. The number of hydrogen-bond acceptors (Lipinski definition) is 0. The normalized spacial score (nSPS) is 11.1. The smallest absolute Gasteiger partial charge is 0.0351 e. The highest BCUT2D eigenvalue weighted by Crippen LogP contribution is 2.07. The molecule has 0 heterocycles. The first-order valence-electron chi connectivity index (χ1n) is 7.17. The van der Waals surface area contributed by atoms with E-state index in [9.17, 15) is 0 Å². The quantitative estimate of drug-likeness (QED) is 0.279. The Balaban J connectivity index is 3.00. The zero-order valence-corrected chi connectivity index (χ0v) is 11.2. The van der Waals surface area contributed by atoms with Crippen LogP contribution in [-0.4, -0.2) is 0 Å². The molecule has 0 amide bonds. The van der Waals surface area contributed by atoms with Gasteiger partial charge in [0.15, 0.2) is 0 Å². The standard InChI is InChI=1S/C16H30/c1-3-5-7-9-11-13-15-16-14-12-10-8-6-4-2/h3,14,16H,1,4-13,15H2,2H3/b16-14+. The molecule has 0 aliphatic carbocycles. The van der Waals surface area contributed by atoms with Gasteiger partial charge in [-0.2, -0.15) is 0 Å². The van der Waals surface area contributed by atoms with E-state index in [0.29, 0.717) is 0 Å². The van der Waals surface area contributed by atoms with Crippen molar-refractivity contribution >= 4 is 0 Å². The Morgan fingerprint density at radius 3 is 1.69 bits per heavy atom. The van der Waals surface area contributed by atoms with Crippen molar-refractivity contribution in [1.29, 1.82) is 0 Å². The summed E-state index contributed by atoms with van der Waals surface area (Å²) < 4.78 is 0. The number of allylic oxidation sites excluding steroid dienone is 3. The molecule has 0 heteroatoms. The van der Waals surface area contributed by atoms with Crippen LogP contribution in [-0.2, 0) is 0 Å². The van der Waals surface area contributed by atoms with Gasteiger partial charge in [-0.15, -0.1) is 6.58 Å². The van der Waals surface area contributed by atoms with E-state index in [1.807, 2.05) is 6.08 Å². The molecule has 0 saturated carbocycles. The van der Waals surface area contributed by atoms with E-state index in [0.717, 1.165) is 0 Å². The Bertz CT molecular complexity index is 155. The van der Waals surface area contributed by atoms with Gasteiger partial charge in [-0.25, -0.2) is 0 Å². The number of unbranched alkanes of at least 4 members (excludes halogenated alkanes) is 9. The molecule has 0 rings (SSSR count). The molecule has 0 fully saturated rings. The van der Waals surface area contributed by atoms with Crippen molar-refractivity contribution < 1.29 is 0 Å². The summed E-state index contributed by atoms with van der Waals surface area (Å²) >= 11 is 0. The van der Waals surface area contributed by atoms with Gasteiger partial charge in [0.25, 0.3) is 0 Å². The molecule has 0 aliphatic rings. The predicted octanol–water partition coefficient (Wildman–Crippen LogP) is 6.04. The topological polar surface area (TPSA) is 0 Å². The van der Waals surface area contributed by atoms with E-state index in [2.05, 4.69) is 25.7 Å². The second-order valence-electron chi connectivity index (χ2n) is 4.60. The number of rotatable bonds is 12. The van der Waals surface area contributed by atoms with Crippen molar-refractivity contribution in [2.75, 3.05) is 0 Å². The summed E-state index contributed by atoms with van der Waals surface area (Å²) in [5.41, 5.74) is 0. The Labute approximate surface area is 103 Å². The van der Waals surface area contributed by atoms with E-state index in [1.54, 1.807) is 0 Å². The third kappa shape index (κ3) is 13.5. The van der Waals surface area contributed by atoms with Gasteiger partial charge >= 0.3 is 0 Å². The largest absolute Gasteiger partial charge is 0.103 e. The fourth-order valence-electron chi connectivity index (χ4n) is 1.83. The highest BCUT2D eigenvalue weighted by atomic mass is 13.9. The maximum atomic E-state index is 3.74. The zero-order valence-electron chi connectivity index (χ0n) is 11.2. The first kappa shape index (κ1) is 15.5. The second-order valence-corrected chi connectivity index (χ2v) is 4.60. The second kappa shape index (κ2) is 14.5. The zero-order chi connectivity index (χ0) is 11.9.